The van der Waals surface area contributed by atoms with E-state index in [2.05, 4.69) is 25.9 Å². The quantitative estimate of drug-likeness (QED) is 0.708. The number of hydrogen-bond donors (Lipinski definition) is 2. The van der Waals surface area contributed by atoms with Gasteiger partial charge in [-0.2, -0.15) is 0 Å². The minimum absolute atomic E-state index is 0.318. The second-order valence-corrected chi connectivity index (χ2v) is 3.43. The molecule has 92 valence electrons. The van der Waals surface area contributed by atoms with Crippen LogP contribution in [-0.4, -0.2) is 31.7 Å². The number of pyridine rings is 1. The van der Waals surface area contributed by atoms with Gasteiger partial charge in [-0.25, -0.2) is 9.66 Å². The molecule has 0 aromatic carbocycles. The third-order valence-electron chi connectivity index (χ3n) is 1.99. The van der Waals surface area contributed by atoms with Gasteiger partial charge in [0.1, 0.15) is 18.5 Å². The van der Waals surface area contributed by atoms with E-state index in [1.54, 1.807) is 25.1 Å². The average molecular weight is 246 g/mol. The highest BCUT2D eigenvalue weighted by molar-refractivity contribution is 6.42. The number of aromatic nitrogens is 4. The highest BCUT2D eigenvalue weighted by atomic mass is 16.2. The first-order chi connectivity index (χ1) is 8.65. The van der Waals surface area contributed by atoms with Crippen molar-refractivity contribution in [3.05, 3.63) is 36.5 Å². The summed E-state index contributed by atoms with van der Waals surface area (Å²) >= 11 is 0. The monoisotopic (exact) mass is 246 g/mol. The van der Waals surface area contributed by atoms with Gasteiger partial charge in [0, 0.05) is 5.69 Å². The molecule has 0 spiro atoms. The van der Waals surface area contributed by atoms with E-state index in [1.165, 1.54) is 17.3 Å². The van der Waals surface area contributed by atoms with Crippen molar-refractivity contribution in [2.45, 2.75) is 6.92 Å². The van der Waals surface area contributed by atoms with Crippen molar-refractivity contribution in [3.8, 4) is 0 Å². The number of hydrogen-bond acceptors (Lipinski definition) is 5. The fourth-order valence-electron chi connectivity index (χ4n) is 1.21. The second-order valence-electron chi connectivity index (χ2n) is 3.43. The average Bonchev–Trinajstić information content (AvgIpc) is 2.81. The van der Waals surface area contributed by atoms with E-state index < -0.39 is 11.8 Å². The molecule has 0 saturated heterocycles. The van der Waals surface area contributed by atoms with Crippen molar-refractivity contribution in [2.75, 3.05) is 10.7 Å². The molecule has 0 fully saturated rings. The minimum Gasteiger partial charge on any atom is -0.302 e. The van der Waals surface area contributed by atoms with E-state index in [1.807, 2.05) is 0 Å². The smallest absolute Gasteiger partial charge is 0.302 e. The molecule has 0 aliphatic rings. The van der Waals surface area contributed by atoms with Gasteiger partial charge in [-0.3, -0.25) is 15.0 Å². The standard InChI is InChI=1S/C10H10N6O2/c1-7-3-2-4-8(13-7)14-9(17)10(18)15-16-5-11-12-6-16/h2-6H,1H3,(H,15,18)(H,13,14,17). The summed E-state index contributed by atoms with van der Waals surface area (Å²) in [5.41, 5.74) is 3.01. The van der Waals surface area contributed by atoms with Crippen molar-refractivity contribution in [1.82, 2.24) is 19.9 Å². The van der Waals surface area contributed by atoms with Crippen molar-refractivity contribution in [1.29, 1.82) is 0 Å². The fraction of sp³-hybridized carbons (Fsp3) is 0.100. The van der Waals surface area contributed by atoms with Crippen LogP contribution in [0, 0.1) is 6.92 Å². The van der Waals surface area contributed by atoms with E-state index in [9.17, 15) is 9.59 Å². The molecule has 2 heterocycles. The summed E-state index contributed by atoms with van der Waals surface area (Å²) in [5.74, 6) is -1.33. The van der Waals surface area contributed by atoms with Gasteiger partial charge in [-0.05, 0) is 19.1 Å². The van der Waals surface area contributed by atoms with E-state index >= 15 is 0 Å². The Balaban J connectivity index is 1.97. The molecule has 0 aliphatic carbocycles. The Morgan fingerprint density at radius 2 is 1.89 bits per heavy atom. The van der Waals surface area contributed by atoms with Gasteiger partial charge in [0.15, 0.2) is 0 Å². The van der Waals surface area contributed by atoms with Crippen LogP contribution in [0.25, 0.3) is 0 Å². The molecule has 0 atom stereocenters. The zero-order valence-corrected chi connectivity index (χ0v) is 9.49. The van der Waals surface area contributed by atoms with Gasteiger partial charge in [0.2, 0.25) is 0 Å². The van der Waals surface area contributed by atoms with Crippen LogP contribution in [-0.2, 0) is 9.59 Å². The number of anilines is 1. The van der Waals surface area contributed by atoms with E-state index in [-0.39, 0.29) is 0 Å². The third-order valence-corrected chi connectivity index (χ3v) is 1.99. The first-order valence-corrected chi connectivity index (χ1v) is 5.06. The third kappa shape index (κ3) is 2.88. The molecule has 2 rings (SSSR count). The Bertz CT molecular complexity index is 566. The molecule has 18 heavy (non-hydrogen) atoms. The van der Waals surface area contributed by atoms with Gasteiger partial charge < -0.3 is 5.32 Å². The van der Waals surface area contributed by atoms with Crippen LogP contribution in [0.3, 0.4) is 0 Å². The molecule has 0 bridgehead atoms. The zero-order valence-electron chi connectivity index (χ0n) is 9.49. The number of carbonyl (C=O) groups is 2. The number of carbonyl (C=O) groups excluding carboxylic acids is 2. The highest BCUT2D eigenvalue weighted by Crippen LogP contribution is 2.03. The summed E-state index contributed by atoms with van der Waals surface area (Å²) < 4.78 is 1.17. The number of aryl methyl sites for hydroxylation is 1. The lowest BCUT2D eigenvalue weighted by atomic mass is 10.4. The van der Waals surface area contributed by atoms with Crippen molar-refractivity contribution >= 4 is 17.6 Å². The van der Waals surface area contributed by atoms with Crippen LogP contribution < -0.4 is 10.7 Å². The summed E-state index contributed by atoms with van der Waals surface area (Å²) in [5, 5.41) is 9.35. The minimum atomic E-state index is -0.835. The van der Waals surface area contributed by atoms with Crippen LogP contribution in [0.15, 0.2) is 30.9 Å². The fourth-order valence-corrected chi connectivity index (χ4v) is 1.21. The van der Waals surface area contributed by atoms with Crippen molar-refractivity contribution in [2.24, 2.45) is 0 Å². The van der Waals surface area contributed by atoms with Gasteiger partial charge in [-0.1, -0.05) is 6.07 Å². The highest BCUT2D eigenvalue weighted by Gasteiger charge is 2.14. The van der Waals surface area contributed by atoms with Crippen LogP contribution >= 0.6 is 0 Å². The molecule has 2 N–H and O–H groups in total. The van der Waals surface area contributed by atoms with Gasteiger partial charge >= 0.3 is 11.8 Å². The molecular weight excluding hydrogens is 236 g/mol. The van der Waals surface area contributed by atoms with Crippen LogP contribution in [0.2, 0.25) is 0 Å². The Hall–Kier alpha value is -2.77. The molecule has 0 radical (unpaired) electrons. The number of nitrogens with zero attached hydrogens (tertiary/aromatic N) is 4. The first kappa shape index (κ1) is 11.7. The molecule has 0 unspecified atom stereocenters. The maximum absolute atomic E-state index is 11.5. The maximum Gasteiger partial charge on any atom is 0.328 e. The number of amides is 2. The molecular formula is C10H10N6O2. The molecule has 2 aromatic heterocycles. The predicted molar refractivity (Wildman–Crippen MR) is 62.0 cm³/mol. The number of rotatable bonds is 2. The Labute approximate surface area is 102 Å². The normalized spacial score (nSPS) is 9.83. The molecule has 2 aromatic rings. The van der Waals surface area contributed by atoms with Gasteiger partial charge in [-0.15, -0.1) is 10.2 Å². The van der Waals surface area contributed by atoms with Crippen molar-refractivity contribution < 1.29 is 9.59 Å². The van der Waals surface area contributed by atoms with Crippen LogP contribution in [0.1, 0.15) is 5.69 Å². The lowest BCUT2D eigenvalue weighted by Crippen LogP contribution is -2.33. The Kier molecular flexibility index (Phi) is 3.28. The SMILES string of the molecule is Cc1cccc(NC(=O)C(=O)Nn2cnnc2)n1. The Morgan fingerprint density at radius 1 is 1.17 bits per heavy atom. The molecule has 2 amide bonds. The van der Waals surface area contributed by atoms with E-state index in [0.29, 0.717) is 5.82 Å². The number of nitrogens with one attached hydrogen (secondary N) is 2. The van der Waals surface area contributed by atoms with E-state index in [4.69, 9.17) is 0 Å². The van der Waals surface area contributed by atoms with Crippen molar-refractivity contribution in [3.63, 3.8) is 0 Å². The summed E-state index contributed by atoms with van der Waals surface area (Å²) in [6, 6.07) is 5.11. The molecule has 0 saturated carbocycles. The topological polar surface area (TPSA) is 102 Å². The second kappa shape index (κ2) is 5.04. The lowest BCUT2D eigenvalue weighted by Gasteiger charge is -2.05. The molecule has 0 aliphatic heterocycles. The van der Waals surface area contributed by atoms with Gasteiger partial charge in [0.25, 0.3) is 0 Å². The Morgan fingerprint density at radius 3 is 2.56 bits per heavy atom. The van der Waals surface area contributed by atoms with Gasteiger partial charge in [0.05, 0.1) is 0 Å². The molecule has 8 nitrogen and oxygen atoms in total. The van der Waals surface area contributed by atoms with Crippen LogP contribution in [0.5, 0.6) is 0 Å². The van der Waals surface area contributed by atoms with E-state index in [0.717, 1.165) is 5.69 Å². The van der Waals surface area contributed by atoms with Crippen LogP contribution in [0.4, 0.5) is 5.82 Å². The largest absolute Gasteiger partial charge is 0.328 e. The lowest BCUT2D eigenvalue weighted by molar-refractivity contribution is -0.133. The summed E-state index contributed by atoms with van der Waals surface area (Å²) in [6.45, 7) is 1.78. The maximum atomic E-state index is 11.5. The molecule has 8 heteroatoms. The summed E-state index contributed by atoms with van der Waals surface area (Å²) in [6.07, 6.45) is 2.52. The first-order valence-electron chi connectivity index (χ1n) is 5.06. The zero-order chi connectivity index (χ0) is 13.0. The predicted octanol–water partition coefficient (Wildman–Crippen LogP) is -0.310. The summed E-state index contributed by atoms with van der Waals surface area (Å²) in [4.78, 5) is 27.1. The summed E-state index contributed by atoms with van der Waals surface area (Å²) in [7, 11) is 0.